The molecule has 0 bridgehead atoms. The zero-order valence-corrected chi connectivity index (χ0v) is 9.19. The zero-order chi connectivity index (χ0) is 11.4. The highest BCUT2D eigenvalue weighted by molar-refractivity contribution is 5.91. The van der Waals surface area contributed by atoms with Crippen LogP contribution in [-0.4, -0.2) is 11.9 Å². The summed E-state index contributed by atoms with van der Waals surface area (Å²) >= 11 is 0. The molecule has 0 saturated heterocycles. The van der Waals surface area contributed by atoms with Crippen LogP contribution in [0.25, 0.3) is 0 Å². The molecule has 1 aliphatic rings. The van der Waals surface area contributed by atoms with E-state index < -0.39 is 0 Å². The van der Waals surface area contributed by atoms with E-state index in [0.29, 0.717) is 4.73 Å². The molecule has 86 valence electrons. The molecular formula is C12H16N2O2. The minimum Gasteiger partial charge on any atom is -0.618 e. The quantitative estimate of drug-likeness (QED) is 0.604. The fourth-order valence-electron chi connectivity index (χ4n) is 2.11. The van der Waals surface area contributed by atoms with Crippen molar-refractivity contribution in [1.29, 1.82) is 0 Å². The van der Waals surface area contributed by atoms with E-state index in [-0.39, 0.29) is 17.6 Å². The summed E-state index contributed by atoms with van der Waals surface area (Å²) in [7, 11) is 0. The van der Waals surface area contributed by atoms with Gasteiger partial charge >= 0.3 is 5.91 Å². The van der Waals surface area contributed by atoms with Crippen molar-refractivity contribution in [3.63, 3.8) is 0 Å². The summed E-state index contributed by atoms with van der Waals surface area (Å²) in [6.07, 6.45) is 6.97. The second kappa shape index (κ2) is 4.96. The predicted octanol–water partition coefficient (Wildman–Crippen LogP) is 1.38. The molecule has 1 amide bonds. The fourth-order valence-corrected chi connectivity index (χ4v) is 2.11. The monoisotopic (exact) mass is 220 g/mol. The first kappa shape index (κ1) is 10.9. The van der Waals surface area contributed by atoms with Gasteiger partial charge in [-0.1, -0.05) is 19.3 Å². The number of carbonyl (C=O) groups excluding carboxylic acids is 1. The van der Waals surface area contributed by atoms with Crippen LogP contribution in [0.3, 0.4) is 0 Å². The summed E-state index contributed by atoms with van der Waals surface area (Å²) in [6, 6.07) is 5.10. The molecule has 2 rings (SSSR count). The van der Waals surface area contributed by atoms with Crippen molar-refractivity contribution in [3.8, 4) is 0 Å². The molecule has 1 aliphatic carbocycles. The van der Waals surface area contributed by atoms with Crippen LogP contribution >= 0.6 is 0 Å². The van der Waals surface area contributed by atoms with Crippen LogP contribution in [-0.2, 0) is 0 Å². The van der Waals surface area contributed by atoms with E-state index in [2.05, 4.69) is 5.32 Å². The van der Waals surface area contributed by atoms with Gasteiger partial charge in [-0.2, -0.15) is 4.73 Å². The number of pyridine rings is 1. The zero-order valence-electron chi connectivity index (χ0n) is 9.19. The molecule has 1 heterocycles. The van der Waals surface area contributed by atoms with Gasteiger partial charge in [0.2, 0.25) is 0 Å². The normalized spacial score (nSPS) is 17.0. The van der Waals surface area contributed by atoms with Gasteiger partial charge in [-0.3, -0.25) is 4.79 Å². The summed E-state index contributed by atoms with van der Waals surface area (Å²) in [5.74, 6) is -0.262. The van der Waals surface area contributed by atoms with E-state index in [4.69, 9.17) is 0 Å². The van der Waals surface area contributed by atoms with E-state index in [1.807, 2.05) is 0 Å². The number of aromatic nitrogens is 1. The van der Waals surface area contributed by atoms with E-state index >= 15 is 0 Å². The third kappa shape index (κ3) is 2.51. The molecule has 1 aromatic heterocycles. The van der Waals surface area contributed by atoms with Crippen LogP contribution in [0.5, 0.6) is 0 Å². The van der Waals surface area contributed by atoms with Gasteiger partial charge in [-0.25, -0.2) is 0 Å². The highest BCUT2D eigenvalue weighted by Gasteiger charge is 2.20. The summed E-state index contributed by atoms with van der Waals surface area (Å²) in [5, 5.41) is 14.3. The number of hydrogen-bond acceptors (Lipinski definition) is 2. The predicted molar refractivity (Wildman–Crippen MR) is 59.7 cm³/mol. The molecule has 1 N–H and O–H groups in total. The second-order valence-corrected chi connectivity index (χ2v) is 4.22. The maximum atomic E-state index is 11.8. The number of rotatable bonds is 2. The molecule has 0 atom stereocenters. The lowest BCUT2D eigenvalue weighted by Gasteiger charge is -2.22. The molecule has 0 aromatic carbocycles. The Hall–Kier alpha value is -1.58. The smallest absolute Gasteiger partial charge is 0.317 e. The molecule has 16 heavy (non-hydrogen) atoms. The number of nitrogens with one attached hydrogen (secondary N) is 1. The van der Waals surface area contributed by atoms with Crippen molar-refractivity contribution < 1.29 is 9.52 Å². The first-order chi connectivity index (χ1) is 7.77. The van der Waals surface area contributed by atoms with Gasteiger partial charge in [0.15, 0.2) is 6.20 Å². The van der Waals surface area contributed by atoms with E-state index in [9.17, 15) is 10.0 Å². The van der Waals surface area contributed by atoms with Gasteiger partial charge in [0, 0.05) is 18.2 Å². The SMILES string of the molecule is O=C(NC1CCCCC1)c1cccc[n+]1[O-]. The fraction of sp³-hybridized carbons (Fsp3) is 0.500. The minimum absolute atomic E-state index is 0.174. The highest BCUT2D eigenvalue weighted by atomic mass is 16.5. The van der Waals surface area contributed by atoms with Gasteiger partial charge in [0.1, 0.15) is 0 Å². The van der Waals surface area contributed by atoms with E-state index in [0.717, 1.165) is 25.7 Å². The molecule has 1 saturated carbocycles. The number of nitrogens with zero attached hydrogens (tertiary/aromatic N) is 1. The first-order valence-electron chi connectivity index (χ1n) is 5.76. The summed E-state index contributed by atoms with van der Waals surface area (Å²) < 4.78 is 0.609. The number of amides is 1. The van der Waals surface area contributed by atoms with Crippen LogP contribution in [0.1, 0.15) is 42.6 Å². The Morgan fingerprint density at radius 3 is 2.75 bits per heavy atom. The lowest BCUT2D eigenvalue weighted by atomic mass is 9.95. The molecule has 0 unspecified atom stereocenters. The Morgan fingerprint density at radius 2 is 2.06 bits per heavy atom. The second-order valence-electron chi connectivity index (χ2n) is 4.22. The average Bonchev–Trinajstić information content (AvgIpc) is 2.31. The molecule has 1 aromatic rings. The highest BCUT2D eigenvalue weighted by Crippen LogP contribution is 2.17. The van der Waals surface area contributed by atoms with Crippen LogP contribution < -0.4 is 10.0 Å². The summed E-state index contributed by atoms with van der Waals surface area (Å²) in [6.45, 7) is 0. The van der Waals surface area contributed by atoms with Crippen molar-refractivity contribution >= 4 is 5.91 Å². The molecule has 4 nitrogen and oxygen atoms in total. The first-order valence-corrected chi connectivity index (χ1v) is 5.76. The average molecular weight is 220 g/mol. The van der Waals surface area contributed by atoms with Crippen molar-refractivity contribution in [1.82, 2.24) is 5.32 Å². The topological polar surface area (TPSA) is 56.0 Å². The van der Waals surface area contributed by atoms with E-state index in [1.54, 1.807) is 18.2 Å². The number of hydrogen-bond donors (Lipinski definition) is 1. The maximum Gasteiger partial charge on any atom is 0.317 e. The van der Waals surface area contributed by atoms with Crippen LogP contribution in [0.4, 0.5) is 0 Å². The Labute approximate surface area is 94.9 Å². The molecule has 0 aliphatic heterocycles. The third-order valence-corrected chi connectivity index (χ3v) is 3.00. The minimum atomic E-state index is -0.262. The van der Waals surface area contributed by atoms with Crippen LogP contribution in [0.2, 0.25) is 0 Å². The standard InChI is InChI=1S/C12H16N2O2/c15-12(11-8-4-5-9-14(11)16)13-10-6-2-1-3-7-10/h4-5,8-10H,1-3,6-7H2,(H,13,15). The largest absolute Gasteiger partial charge is 0.618 e. The van der Waals surface area contributed by atoms with Crippen molar-refractivity contribution in [3.05, 3.63) is 35.3 Å². The maximum absolute atomic E-state index is 11.8. The van der Waals surface area contributed by atoms with Crippen molar-refractivity contribution in [2.45, 2.75) is 38.1 Å². The molecule has 0 radical (unpaired) electrons. The Bertz CT molecular complexity index is 373. The molecule has 4 heteroatoms. The Kier molecular flexibility index (Phi) is 3.39. The lowest BCUT2D eigenvalue weighted by Crippen LogP contribution is -2.43. The molecule has 1 fully saturated rings. The molecule has 0 spiro atoms. The summed E-state index contributed by atoms with van der Waals surface area (Å²) in [5.41, 5.74) is 0.174. The lowest BCUT2D eigenvalue weighted by molar-refractivity contribution is -0.607. The van der Waals surface area contributed by atoms with Crippen LogP contribution in [0.15, 0.2) is 24.4 Å². The van der Waals surface area contributed by atoms with Gasteiger partial charge in [0.25, 0.3) is 5.69 Å². The Balaban J connectivity index is 2.00. The Morgan fingerprint density at radius 1 is 1.31 bits per heavy atom. The number of carbonyl (C=O) groups is 1. The van der Waals surface area contributed by atoms with Crippen LogP contribution in [0, 0.1) is 5.21 Å². The van der Waals surface area contributed by atoms with Gasteiger partial charge in [-0.05, 0) is 18.9 Å². The van der Waals surface area contributed by atoms with E-state index in [1.165, 1.54) is 12.6 Å². The molecular weight excluding hydrogens is 204 g/mol. The van der Waals surface area contributed by atoms with Gasteiger partial charge in [0.05, 0.1) is 0 Å². The summed E-state index contributed by atoms with van der Waals surface area (Å²) in [4.78, 5) is 11.8. The van der Waals surface area contributed by atoms with Crippen molar-refractivity contribution in [2.75, 3.05) is 0 Å². The van der Waals surface area contributed by atoms with Gasteiger partial charge < -0.3 is 10.5 Å². The van der Waals surface area contributed by atoms with Crippen molar-refractivity contribution in [2.24, 2.45) is 0 Å². The third-order valence-electron chi connectivity index (χ3n) is 3.00. The van der Waals surface area contributed by atoms with Gasteiger partial charge in [-0.15, -0.1) is 0 Å².